The van der Waals surface area contributed by atoms with Crippen LogP contribution in [0.4, 0.5) is 5.69 Å². The molecule has 0 spiro atoms. The van der Waals surface area contributed by atoms with Gasteiger partial charge in [0.1, 0.15) is 22.8 Å². The Morgan fingerprint density at radius 1 is 1.21 bits per heavy atom. The first-order valence-electron chi connectivity index (χ1n) is 12.8. The van der Waals surface area contributed by atoms with Crippen LogP contribution in [0.1, 0.15) is 37.3 Å². The highest BCUT2D eigenvalue weighted by molar-refractivity contribution is 6.24. The van der Waals surface area contributed by atoms with Gasteiger partial charge in [-0.2, -0.15) is 0 Å². The number of phenols is 1. The number of nitrogens with zero attached hydrogens (tertiary/aromatic N) is 2. The minimum atomic E-state index is -2.94. The van der Waals surface area contributed by atoms with Gasteiger partial charge in [-0.25, -0.2) is 0 Å². The van der Waals surface area contributed by atoms with E-state index in [1.807, 2.05) is 11.8 Å². The summed E-state index contributed by atoms with van der Waals surface area (Å²) in [6.07, 6.45) is 0.799. The fourth-order valence-corrected chi connectivity index (χ4v) is 6.60. The van der Waals surface area contributed by atoms with Crippen molar-refractivity contribution in [2.45, 2.75) is 43.9 Å². The molecule has 11 nitrogen and oxygen atoms in total. The standard InChI is InChI=1S/C28H35N3O8/c1-6-10-31(11-7-2)14-9-8-13-12(3)15-17(22(33)16(13)21(14)32)25(36)28(39)19(23(15)34)20(30(4)5)24(35)18(26(28)37)27(29)38/h6,8-9,12,15,19-20,23,32-34,37,39H,1,7,10-11H2,2-5H3,(H2,29,38)/t12-,15+,19+,20-,23-,28-/m1/s1. The Bertz CT molecular complexity index is 1330. The van der Waals surface area contributed by atoms with E-state index in [9.17, 15) is 39.9 Å². The van der Waals surface area contributed by atoms with Crippen molar-refractivity contribution >= 4 is 28.9 Å². The van der Waals surface area contributed by atoms with E-state index in [1.165, 1.54) is 19.0 Å². The van der Waals surface area contributed by atoms with Gasteiger partial charge in [-0.05, 0) is 38.1 Å². The Morgan fingerprint density at radius 2 is 1.85 bits per heavy atom. The smallest absolute Gasteiger partial charge is 0.255 e. The summed E-state index contributed by atoms with van der Waals surface area (Å²) in [5.41, 5.74) is 1.86. The van der Waals surface area contributed by atoms with Gasteiger partial charge < -0.3 is 36.2 Å². The molecule has 1 aromatic rings. The summed E-state index contributed by atoms with van der Waals surface area (Å²) in [6.45, 7) is 8.39. The number of aliphatic hydroxyl groups excluding tert-OH is 3. The van der Waals surface area contributed by atoms with Crippen LogP contribution in [-0.4, -0.2) is 92.8 Å². The molecule has 7 N–H and O–H groups in total. The third kappa shape index (κ3) is 3.79. The molecule has 0 bridgehead atoms. The second-order valence-electron chi connectivity index (χ2n) is 10.7. The van der Waals surface area contributed by atoms with Crippen LogP contribution in [0, 0.1) is 11.8 Å². The minimum Gasteiger partial charge on any atom is -0.508 e. The second-order valence-corrected chi connectivity index (χ2v) is 10.7. The van der Waals surface area contributed by atoms with Crippen LogP contribution >= 0.6 is 0 Å². The maximum absolute atomic E-state index is 14.1. The lowest BCUT2D eigenvalue weighted by Crippen LogP contribution is -2.70. The highest BCUT2D eigenvalue weighted by Gasteiger charge is 2.68. The molecule has 6 atom stereocenters. The lowest BCUT2D eigenvalue weighted by molar-refractivity contribution is -0.169. The van der Waals surface area contributed by atoms with Crippen LogP contribution in [0.5, 0.6) is 5.75 Å². The largest absolute Gasteiger partial charge is 0.508 e. The predicted molar refractivity (Wildman–Crippen MR) is 143 cm³/mol. The summed E-state index contributed by atoms with van der Waals surface area (Å²) in [5.74, 6) is -9.02. The minimum absolute atomic E-state index is 0.0337. The number of phenolic OH excluding ortho intramolecular Hbond substituents is 1. The van der Waals surface area contributed by atoms with Crippen LogP contribution < -0.4 is 10.6 Å². The van der Waals surface area contributed by atoms with E-state index in [2.05, 4.69) is 6.58 Å². The highest BCUT2D eigenvalue weighted by atomic mass is 16.4. The fraction of sp³-hybridized carbons (Fsp3) is 0.464. The van der Waals surface area contributed by atoms with Gasteiger partial charge in [0, 0.05) is 24.6 Å². The number of benzene rings is 1. The van der Waals surface area contributed by atoms with Crippen molar-refractivity contribution in [3.05, 3.63) is 52.8 Å². The van der Waals surface area contributed by atoms with E-state index in [0.29, 0.717) is 24.3 Å². The molecule has 0 heterocycles. The average Bonchev–Trinajstić information content (AvgIpc) is 2.85. The van der Waals surface area contributed by atoms with E-state index in [1.54, 1.807) is 25.1 Å². The van der Waals surface area contributed by atoms with Crippen molar-refractivity contribution < 1.29 is 39.9 Å². The number of aliphatic hydroxyl groups is 4. The zero-order valence-electron chi connectivity index (χ0n) is 22.4. The average molecular weight is 542 g/mol. The first-order valence-corrected chi connectivity index (χ1v) is 12.8. The third-order valence-corrected chi connectivity index (χ3v) is 8.29. The number of nitrogens with two attached hydrogens (primary N) is 1. The molecule has 0 aromatic heterocycles. The van der Waals surface area contributed by atoms with Crippen molar-refractivity contribution in [2.24, 2.45) is 17.6 Å². The molecule has 0 saturated heterocycles. The topological polar surface area (TPSA) is 185 Å². The van der Waals surface area contributed by atoms with E-state index in [-0.39, 0.29) is 11.3 Å². The van der Waals surface area contributed by atoms with E-state index in [0.717, 1.165) is 6.42 Å². The van der Waals surface area contributed by atoms with Crippen molar-refractivity contribution in [3.63, 3.8) is 0 Å². The summed E-state index contributed by atoms with van der Waals surface area (Å²) in [7, 11) is 2.93. The number of likely N-dealkylation sites (N-methyl/N-ethyl adjacent to an activating group) is 1. The molecule has 3 aliphatic carbocycles. The van der Waals surface area contributed by atoms with Gasteiger partial charge in [0.15, 0.2) is 11.4 Å². The van der Waals surface area contributed by atoms with Gasteiger partial charge in [-0.3, -0.25) is 19.3 Å². The Balaban J connectivity index is 2.01. The third-order valence-electron chi connectivity index (χ3n) is 8.29. The number of fused-ring (bicyclic) bond motifs is 3. The van der Waals surface area contributed by atoms with Gasteiger partial charge >= 0.3 is 0 Å². The highest BCUT2D eigenvalue weighted by Crippen LogP contribution is 2.56. The number of ketones is 2. The maximum atomic E-state index is 14.1. The Kier molecular flexibility index (Phi) is 7.13. The monoisotopic (exact) mass is 541 g/mol. The molecule has 4 rings (SSSR count). The molecule has 1 aromatic carbocycles. The summed E-state index contributed by atoms with van der Waals surface area (Å²) in [6, 6.07) is 2.00. The number of rotatable bonds is 7. The predicted octanol–water partition coefficient (Wildman–Crippen LogP) is 0.898. The van der Waals surface area contributed by atoms with E-state index < -0.39 is 75.6 Å². The molecule has 11 heteroatoms. The van der Waals surface area contributed by atoms with Crippen molar-refractivity contribution in [2.75, 3.05) is 32.1 Å². The van der Waals surface area contributed by atoms with Gasteiger partial charge in [-0.1, -0.05) is 26.0 Å². The Morgan fingerprint density at radius 3 is 2.38 bits per heavy atom. The molecule has 0 unspecified atom stereocenters. The number of carbonyl (C=O) groups excluding carboxylic acids is 3. The number of hydrogen-bond donors (Lipinski definition) is 6. The molecule has 39 heavy (non-hydrogen) atoms. The molecule has 0 aliphatic heterocycles. The quantitative estimate of drug-likeness (QED) is 0.214. The molecule has 3 aliphatic rings. The van der Waals surface area contributed by atoms with E-state index in [4.69, 9.17) is 5.73 Å². The first kappa shape index (κ1) is 28.3. The van der Waals surface area contributed by atoms with Crippen molar-refractivity contribution in [3.8, 4) is 5.75 Å². The van der Waals surface area contributed by atoms with Crippen molar-refractivity contribution in [1.29, 1.82) is 0 Å². The number of carbonyl (C=O) groups is 3. The van der Waals surface area contributed by atoms with Gasteiger partial charge in [0.2, 0.25) is 5.78 Å². The fourth-order valence-electron chi connectivity index (χ4n) is 6.60. The van der Waals surface area contributed by atoms with Crippen LogP contribution in [0.2, 0.25) is 0 Å². The van der Waals surface area contributed by atoms with Crippen LogP contribution in [-0.2, 0) is 14.4 Å². The summed E-state index contributed by atoms with van der Waals surface area (Å²) >= 11 is 0. The van der Waals surface area contributed by atoms with Gasteiger partial charge in [-0.15, -0.1) is 6.58 Å². The van der Waals surface area contributed by atoms with E-state index >= 15 is 0 Å². The first-order chi connectivity index (χ1) is 18.3. The summed E-state index contributed by atoms with van der Waals surface area (Å²) in [4.78, 5) is 42.6. The maximum Gasteiger partial charge on any atom is 0.255 e. The number of amides is 1. The lowest BCUT2D eigenvalue weighted by Gasteiger charge is -2.53. The molecular formula is C28H35N3O8. The number of anilines is 1. The number of Topliss-reactive ketones (excluding diaryl/α,β-unsaturated/α-hetero) is 2. The molecule has 1 fully saturated rings. The SMILES string of the molecule is C=CCN(CCC)c1ccc2c(c1O)C(O)=C1C(=O)[C@@]3(O)C(O)=C(C(N)=O)C(=O)[C@H](N(C)C)[C@H]3[C@H](O)[C@H]1[C@@H]2C. The molecule has 1 amide bonds. The molecule has 1 saturated carbocycles. The van der Waals surface area contributed by atoms with Crippen LogP contribution in [0.25, 0.3) is 5.76 Å². The van der Waals surface area contributed by atoms with Crippen LogP contribution in [0.3, 0.4) is 0 Å². The second kappa shape index (κ2) is 9.82. The molecular weight excluding hydrogens is 506 g/mol. The van der Waals surface area contributed by atoms with Crippen molar-refractivity contribution in [1.82, 2.24) is 4.90 Å². The number of primary amides is 1. The van der Waals surface area contributed by atoms with Gasteiger partial charge in [0.25, 0.3) is 5.91 Å². The zero-order valence-corrected chi connectivity index (χ0v) is 22.4. The lowest BCUT2D eigenvalue weighted by atomic mass is 9.54. The van der Waals surface area contributed by atoms with Gasteiger partial charge in [0.05, 0.1) is 29.3 Å². The molecule has 0 radical (unpaired) electrons. The Labute approximate surface area is 226 Å². The number of aromatic hydroxyl groups is 1. The summed E-state index contributed by atoms with van der Waals surface area (Å²) in [5, 5.41) is 57.2. The Hall–Kier alpha value is -3.67. The number of hydrogen-bond acceptors (Lipinski definition) is 10. The summed E-state index contributed by atoms with van der Waals surface area (Å²) < 4.78 is 0. The molecule has 210 valence electrons. The van der Waals surface area contributed by atoms with Crippen LogP contribution in [0.15, 0.2) is 41.7 Å². The normalized spacial score (nSPS) is 30.2. The zero-order chi connectivity index (χ0) is 29.1.